The second-order valence-electron chi connectivity index (χ2n) is 3.80. The van der Waals surface area contributed by atoms with E-state index in [2.05, 4.69) is 4.98 Å². The summed E-state index contributed by atoms with van der Waals surface area (Å²) in [5.74, 6) is -0.488. The number of nitriles is 1. The molecule has 1 atom stereocenters. The highest BCUT2D eigenvalue weighted by Gasteiger charge is 2.11. The third kappa shape index (κ3) is 2.95. The largest absolute Gasteiger partial charge is 0.396 e. The molecule has 0 saturated heterocycles. The average molecular weight is 275 g/mol. The zero-order valence-corrected chi connectivity index (χ0v) is 10.7. The lowest BCUT2D eigenvalue weighted by atomic mass is 10.2. The van der Waals surface area contributed by atoms with Gasteiger partial charge in [-0.05, 0) is 24.3 Å². The van der Waals surface area contributed by atoms with Crippen LogP contribution in [-0.4, -0.2) is 9.19 Å². The third-order valence-corrected chi connectivity index (χ3v) is 3.87. The first-order valence-corrected chi connectivity index (χ1v) is 6.71. The maximum Gasteiger partial charge on any atom is 0.147 e. The van der Waals surface area contributed by atoms with E-state index in [1.165, 1.54) is 18.3 Å². The fourth-order valence-electron chi connectivity index (χ4n) is 1.53. The Morgan fingerprint density at radius 2 is 2.21 bits per heavy atom. The number of anilines is 1. The molecule has 0 fully saturated rings. The minimum atomic E-state index is -1.45. The van der Waals surface area contributed by atoms with Crippen LogP contribution < -0.4 is 5.73 Å². The molecule has 0 spiro atoms. The van der Waals surface area contributed by atoms with E-state index in [0.29, 0.717) is 10.5 Å². The Labute approximate surface area is 112 Å². The van der Waals surface area contributed by atoms with Gasteiger partial charge >= 0.3 is 0 Å². The Bertz CT molecular complexity index is 682. The highest BCUT2D eigenvalue weighted by Crippen LogP contribution is 2.18. The Balaban J connectivity index is 2.26. The summed E-state index contributed by atoms with van der Waals surface area (Å²) in [5.41, 5.74) is 6.17. The van der Waals surface area contributed by atoms with Gasteiger partial charge < -0.3 is 5.73 Å². The first-order valence-electron chi connectivity index (χ1n) is 5.39. The highest BCUT2D eigenvalue weighted by atomic mass is 32.2. The summed E-state index contributed by atoms with van der Waals surface area (Å²) in [6.45, 7) is 0. The van der Waals surface area contributed by atoms with Gasteiger partial charge in [0, 0.05) is 16.7 Å². The molecule has 0 aliphatic carbocycles. The minimum Gasteiger partial charge on any atom is -0.396 e. The summed E-state index contributed by atoms with van der Waals surface area (Å²) >= 11 is 0. The van der Waals surface area contributed by atoms with Crippen LogP contribution in [0.4, 0.5) is 10.1 Å². The van der Waals surface area contributed by atoms with Crippen LogP contribution in [0.5, 0.6) is 0 Å². The number of aromatic nitrogens is 1. The van der Waals surface area contributed by atoms with E-state index in [9.17, 15) is 8.60 Å². The number of rotatable bonds is 3. The second kappa shape index (κ2) is 5.59. The topological polar surface area (TPSA) is 79.8 Å². The predicted octanol–water partition coefficient (Wildman–Crippen LogP) is 1.98. The van der Waals surface area contributed by atoms with Crippen LogP contribution in [0.1, 0.15) is 11.3 Å². The van der Waals surface area contributed by atoms with E-state index in [0.717, 1.165) is 6.07 Å². The minimum absolute atomic E-state index is 0.0137. The van der Waals surface area contributed by atoms with Gasteiger partial charge in [0.25, 0.3) is 0 Å². The number of hydrogen-bond donors (Lipinski definition) is 1. The summed E-state index contributed by atoms with van der Waals surface area (Å²) in [5, 5.41) is 8.89. The molecule has 0 amide bonds. The van der Waals surface area contributed by atoms with Gasteiger partial charge in [-0.1, -0.05) is 6.07 Å². The predicted molar refractivity (Wildman–Crippen MR) is 69.9 cm³/mol. The van der Waals surface area contributed by atoms with Gasteiger partial charge in [0.05, 0.1) is 22.2 Å². The number of pyridine rings is 1. The molecule has 1 aromatic carbocycles. The number of nitrogens with zero attached hydrogens (tertiary/aromatic N) is 2. The van der Waals surface area contributed by atoms with Crippen molar-refractivity contribution in [1.29, 1.82) is 5.26 Å². The fourth-order valence-corrected chi connectivity index (χ4v) is 2.67. The summed E-state index contributed by atoms with van der Waals surface area (Å²) in [6.07, 6.45) is 1.49. The molecule has 2 N–H and O–H groups in total. The molecule has 0 aliphatic heterocycles. The molecule has 0 saturated carbocycles. The molecule has 2 rings (SSSR count). The fraction of sp³-hybridized carbons (Fsp3) is 0.0769. The van der Waals surface area contributed by atoms with Gasteiger partial charge in [-0.15, -0.1) is 0 Å². The van der Waals surface area contributed by atoms with Crippen molar-refractivity contribution in [3.05, 3.63) is 53.6 Å². The number of nitrogen functional groups attached to an aromatic ring is 1. The smallest absolute Gasteiger partial charge is 0.147 e. The van der Waals surface area contributed by atoms with E-state index in [1.807, 2.05) is 6.07 Å². The maximum atomic E-state index is 13.3. The summed E-state index contributed by atoms with van der Waals surface area (Å²) in [7, 11) is -1.45. The van der Waals surface area contributed by atoms with Gasteiger partial charge in [-0.2, -0.15) is 5.26 Å². The Hall–Kier alpha value is -2.26. The zero-order chi connectivity index (χ0) is 13.8. The number of nitrogens with two attached hydrogens (primary N) is 1. The number of benzene rings is 1. The molecule has 0 aliphatic rings. The van der Waals surface area contributed by atoms with Gasteiger partial charge in [0.2, 0.25) is 0 Å². The Morgan fingerprint density at radius 3 is 2.89 bits per heavy atom. The van der Waals surface area contributed by atoms with Crippen molar-refractivity contribution in [2.75, 3.05) is 5.73 Å². The van der Waals surface area contributed by atoms with Gasteiger partial charge in [-0.3, -0.25) is 4.21 Å². The molecule has 0 radical (unpaired) electrons. The summed E-state index contributed by atoms with van der Waals surface area (Å²) < 4.78 is 25.4. The highest BCUT2D eigenvalue weighted by molar-refractivity contribution is 7.84. The van der Waals surface area contributed by atoms with Crippen molar-refractivity contribution in [3.8, 4) is 6.07 Å². The monoisotopic (exact) mass is 275 g/mol. The molecule has 1 heterocycles. The van der Waals surface area contributed by atoms with Crippen LogP contribution in [0, 0.1) is 17.1 Å². The molecular weight excluding hydrogens is 265 g/mol. The molecule has 6 heteroatoms. The molecule has 4 nitrogen and oxygen atoms in total. The van der Waals surface area contributed by atoms with Gasteiger partial charge in [0.15, 0.2) is 0 Å². The van der Waals surface area contributed by atoms with Crippen molar-refractivity contribution in [3.63, 3.8) is 0 Å². The SMILES string of the molecule is N#Cc1ncccc1CS(=O)c1ccc(N)c(F)c1. The van der Waals surface area contributed by atoms with Crippen molar-refractivity contribution >= 4 is 16.5 Å². The lowest BCUT2D eigenvalue weighted by Gasteiger charge is -2.05. The first-order chi connectivity index (χ1) is 9.11. The van der Waals surface area contributed by atoms with E-state index in [-0.39, 0.29) is 17.1 Å². The van der Waals surface area contributed by atoms with Crippen LogP contribution >= 0.6 is 0 Å². The van der Waals surface area contributed by atoms with E-state index in [1.54, 1.807) is 12.1 Å². The molecule has 2 aromatic rings. The third-order valence-electron chi connectivity index (χ3n) is 2.52. The second-order valence-corrected chi connectivity index (χ2v) is 5.25. The van der Waals surface area contributed by atoms with Crippen LogP contribution in [0.2, 0.25) is 0 Å². The van der Waals surface area contributed by atoms with Crippen LogP contribution in [0.25, 0.3) is 0 Å². The van der Waals surface area contributed by atoms with Crippen molar-refractivity contribution in [2.45, 2.75) is 10.6 Å². The molecular formula is C13H10FN3OS. The van der Waals surface area contributed by atoms with Crippen molar-refractivity contribution < 1.29 is 8.60 Å². The first kappa shape index (κ1) is 13.2. The molecule has 1 unspecified atom stereocenters. The quantitative estimate of drug-likeness (QED) is 0.869. The Morgan fingerprint density at radius 1 is 1.42 bits per heavy atom. The van der Waals surface area contributed by atoms with E-state index >= 15 is 0 Å². The van der Waals surface area contributed by atoms with Crippen LogP contribution in [-0.2, 0) is 16.6 Å². The average Bonchev–Trinajstić information content (AvgIpc) is 2.42. The zero-order valence-electron chi connectivity index (χ0n) is 9.84. The van der Waals surface area contributed by atoms with Crippen molar-refractivity contribution in [2.24, 2.45) is 0 Å². The van der Waals surface area contributed by atoms with E-state index in [4.69, 9.17) is 11.0 Å². The van der Waals surface area contributed by atoms with E-state index < -0.39 is 16.6 Å². The van der Waals surface area contributed by atoms with Crippen LogP contribution in [0.15, 0.2) is 41.4 Å². The Kier molecular flexibility index (Phi) is 3.88. The summed E-state index contributed by atoms with van der Waals surface area (Å²) in [4.78, 5) is 4.22. The maximum absolute atomic E-state index is 13.3. The normalized spacial score (nSPS) is 11.8. The molecule has 1 aromatic heterocycles. The van der Waals surface area contributed by atoms with Crippen molar-refractivity contribution in [1.82, 2.24) is 4.98 Å². The molecule has 96 valence electrons. The van der Waals surface area contributed by atoms with Crippen LogP contribution in [0.3, 0.4) is 0 Å². The van der Waals surface area contributed by atoms with Gasteiger partial charge in [0.1, 0.15) is 17.6 Å². The lowest BCUT2D eigenvalue weighted by Crippen LogP contribution is -2.01. The molecule has 19 heavy (non-hydrogen) atoms. The standard InChI is InChI=1S/C13H10FN3OS/c14-11-6-10(3-4-12(11)16)19(18)8-9-2-1-5-17-13(9)7-15/h1-6H,8,16H2. The van der Waals surface area contributed by atoms with Gasteiger partial charge in [-0.25, -0.2) is 9.37 Å². The lowest BCUT2D eigenvalue weighted by molar-refractivity contribution is 0.627. The number of hydrogen-bond acceptors (Lipinski definition) is 4. The number of halogens is 1. The molecule has 0 bridgehead atoms. The summed E-state index contributed by atoms with van der Waals surface area (Å²) in [6, 6.07) is 9.30.